The summed E-state index contributed by atoms with van der Waals surface area (Å²) >= 11 is 0. The second-order valence-corrected chi connectivity index (χ2v) is 8.57. The zero-order valence-electron chi connectivity index (χ0n) is 14.7. The number of fused-ring (bicyclic) bond motifs is 3. The molecular weight excluding hydrogens is 395 g/mol. The van der Waals surface area contributed by atoms with Crippen molar-refractivity contribution in [3.05, 3.63) is 53.3 Å². The molecule has 1 N–H and O–H groups in total. The van der Waals surface area contributed by atoms with E-state index in [9.17, 15) is 26.7 Å². The molecule has 1 aromatic carbocycles. The minimum atomic E-state index is -4.53. The minimum Gasteiger partial charge on any atom is -0.494 e. The molecule has 0 fully saturated rings. The van der Waals surface area contributed by atoms with Crippen molar-refractivity contribution in [3.8, 4) is 5.88 Å². The van der Waals surface area contributed by atoms with Crippen LogP contribution in [0.4, 0.5) is 13.2 Å². The molecule has 1 aliphatic rings. The van der Waals surface area contributed by atoms with Gasteiger partial charge in [-0.3, -0.25) is 4.98 Å². The van der Waals surface area contributed by atoms with E-state index in [1.807, 2.05) is 0 Å². The fourth-order valence-corrected chi connectivity index (χ4v) is 4.78. The molecule has 0 atom stereocenters. The molecule has 0 spiro atoms. The number of hydrogen-bond acceptors (Lipinski definition) is 4. The Labute approximate surface area is 158 Å². The number of sulfonamides is 1. The highest BCUT2D eigenvalue weighted by atomic mass is 32.2. The maximum Gasteiger partial charge on any atom is 0.416 e. The maximum atomic E-state index is 12.9. The van der Waals surface area contributed by atoms with Crippen molar-refractivity contribution in [2.75, 3.05) is 6.54 Å². The molecular formula is C18H16F3N3O3S. The first kappa shape index (κ1) is 18.8. The molecule has 3 aromatic rings. The number of aromatic nitrogens is 2. The SMILES string of the molecule is Cc1ccc2c(O)n3c(c2n1)CN(S(=O)(=O)c1ccc(C(F)(F)F)cc1)CC3. The molecule has 4 rings (SSSR count). The monoisotopic (exact) mass is 411 g/mol. The van der Waals surface area contributed by atoms with E-state index in [-0.39, 0.29) is 30.4 Å². The molecule has 0 saturated carbocycles. The number of halogens is 3. The fourth-order valence-electron chi connectivity index (χ4n) is 3.39. The molecule has 6 nitrogen and oxygen atoms in total. The molecule has 1 aliphatic heterocycles. The average Bonchev–Trinajstić information content (AvgIpc) is 2.92. The number of alkyl halides is 3. The zero-order chi connectivity index (χ0) is 20.3. The van der Waals surface area contributed by atoms with Crippen LogP contribution in [0, 0.1) is 6.92 Å². The van der Waals surface area contributed by atoms with Crippen LogP contribution in [-0.2, 0) is 29.3 Å². The van der Waals surface area contributed by atoms with Gasteiger partial charge in [0.05, 0.1) is 33.6 Å². The number of pyridine rings is 1. The van der Waals surface area contributed by atoms with Crippen LogP contribution in [0.2, 0.25) is 0 Å². The number of hydrogen-bond donors (Lipinski definition) is 1. The molecule has 0 saturated heterocycles. The van der Waals surface area contributed by atoms with Crippen LogP contribution in [0.15, 0.2) is 41.3 Å². The minimum absolute atomic E-state index is 0.0309. The summed E-state index contributed by atoms with van der Waals surface area (Å²) in [5.41, 5.74) is 0.890. The Kier molecular flexibility index (Phi) is 4.16. The molecule has 28 heavy (non-hydrogen) atoms. The third kappa shape index (κ3) is 2.92. The van der Waals surface area contributed by atoms with E-state index in [1.165, 1.54) is 4.31 Å². The lowest BCUT2D eigenvalue weighted by atomic mass is 10.2. The zero-order valence-corrected chi connectivity index (χ0v) is 15.5. The Hall–Kier alpha value is -2.59. The van der Waals surface area contributed by atoms with Crippen molar-refractivity contribution in [2.24, 2.45) is 0 Å². The highest BCUT2D eigenvalue weighted by molar-refractivity contribution is 7.89. The molecule has 2 aromatic heterocycles. The van der Waals surface area contributed by atoms with Gasteiger partial charge in [0.2, 0.25) is 15.9 Å². The first-order chi connectivity index (χ1) is 13.1. The predicted octanol–water partition coefficient (Wildman–Crippen LogP) is 3.27. The van der Waals surface area contributed by atoms with Gasteiger partial charge in [-0.05, 0) is 43.3 Å². The van der Waals surface area contributed by atoms with E-state index >= 15 is 0 Å². The van der Waals surface area contributed by atoms with Gasteiger partial charge >= 0.3 is 6.18 Å². The second-order valence-electron chi connectivity index (χ2n) is 6.63. The lowest BCUT2D eigenvalue weighted by molar-refractivity contribution is -0.137. The van der Waals surface area contributed by atoms with Crippen molar-refractivity contribution in [1.29, 1.82) is 0 Å². The lowest BCUT2D eigenvalue weighted by Crippen LogP contribution is -2.38. The van der Waals surface area contributed by atoms with E-state index in [0.29, 0.717) is 16.6 Å². The Morgan fingerprint density at radius 3 is 2.39 bits per heavy atom. The van der Waals surface area contributed by atoms with Crippen LogP contribution in [0.3, 0.4) is 0 Å². The molecule has 0 radical (unpaired) electrons. The van der Waals surface area contributed by atoms with Crippen LogP contribution < -0.4 is 0 Å². The number of aryl methyl sites for hydroxylation is 1. The Morgan fingerprint density at radius 1 is 1.07 bits per heavy atom. The van der Waals surface area contributed by atoms with E-state index in [4.69, 9.17) is 0 Å². The van der Waals surface area contributed by atoms with E-state index < -0.39 is 21.8 Å². The van der Waals surface area contributed by atoms with E-state index in [2.05, 4.69) is 4.98 Å². The van der Waals surface area contributed by atoms with Crippen LogP contribution in [0.1, 0.15) is 17.0 Å². The largest absolute Gasteiger partial charge is 0.494 e. The quantitative estimate of drug-likeness (QED) is 0.702. The lowest BCUT2D eigenvalue weighted by Gasteiger charge is -2.28. The standard InChI is InChI=1S/C18H16F3N3O3S/c1-11-2-7-14-16(22-11)15-10-23(8-9-24(15)17(14)25)28(26,27)13-5-3-12(4-6-13)18(19,20)21/h2-7,25H,8-10H2,1H3. The van der Waals surface area contributed by atoms with Gasteiger partial charge in [0, 0.05) is 18.8 Å². The normalized spacial score (nSPS) is 15.7. The molecule has 0 unspecified atom stereocenters. The van der Waals surface area contributed by atoms with Gasteiger partial charge < -0.3 is 9.67 Å². The number of aromatic hydroxyl groups is 1. The third-order valence-corrected chi connectivity index (χ3v) is 6.71. The van der Waals surface area contributed by atoms with Crippen LogP contribution in [0.5, 0.6) is 5.88 Å². The smallest absolute Gasteiger partial charge is 0.416 e. The predicted molar refractivity (Wildman–Crippen MR) is 95.2 cm³/mol. The number of nitrogens with zero attached hydrogens (tertiary/aromatic N) is 3. The van der Waals surface area contributed by atoms with Gasteiger partial charge in [0.15, 0.2) is 0 Å². The van der Waals surface area contributed by atoms with Gasteiger partial charge in [-0.25, -0.2) is 8.42 Å². The summed E-state index contributed by atoms with van der Waals surface area (Å²) in [6.07, 6.45) is -4.53. The summed E-state index contributed by atoms with van der Waals surface area (Å²) in [6, 6.07) is 6.92. The van der Waals surface area contributed by atoms with Crippen molar-refractivity contribution in [3.63, 3.8) is 0 Å². The van der Waals surface area contributed by atoms with E-state index in [0.717, 1.165) is 30.0 Å². The van der Waals surface area contributed by atoms with Crippen molar-refractivity contribution < 1.29 is 26.7 Å². The third-order valence-electron chi connectivity index (χ3n) is 4.85. The number of benzene rings is 1. The highest BCUT2D eigenvalue weighted by Crippen LogP contribution is 2.35. The summed E-state index contributed by atoms with van der Waals surface area (Å²) in [7, 11) is -3.99. The fraction of sp³-hybridized carbons (Fsp3) is 0.278. The molecule has 10 heteroatoms. The molecule has 0 aliphatic carbocycles. The number of rotatable bonds is 2. The summed E-state index contributed by atoms with van der Waals surface area (Å²) in [5, 5.41) is 10.9. The summed E-state index contributed by atoms with van der Waals surface area (Å²) in [5.74, 6) is 0.0316. The summed E-state index contributed by atoms with van der Waals surface area (Å²) < 4.78 is 66.8. The molecule has 0 amide bonds. The first-order valence-corrected chi connectivity index (χ1v) is 9.88. The van der Waals surface area contributed by atoms with Crippen LogP contribution in [0.25, 0.3) is 10.9 Å². The van der Waals surface area contributed by atoms with Gasteiger partial charge in [-0.2, -0.15) is 17.5 Å². The Balaban J connectivity index is 1.71. The Bertz CT molecular complexity index is 1170. The summed E-state index contributed by atoms with van der Waals surface area (Å²) in [6.45, 7) is 2.07. The molecule has 0 bridgehead atoms. The van der Waals surface area contributed by atoms with Gasteiger partial charge in [0.25, 0.3) is 0 Å². The van der Waals surface area contributed by atoms with Crippen molar-refractivity contribution >= 4 is 20.9 Å². The first-order valence-electron chi connectivity index (χ1n) is 8.44. The van der Waals surface area contributed by atoms with Crippen LogP contribution >= 0.6 is 0 Å². The van der Waals surface area contributed by atoms with Gasteiger partial charge in [0.1, 0.15) is 0 Å². The molecule has 3 heterocycles. The highest BCUT2D eigenvalue weighted by Gasteiger charge is 2.34. The topological polar surface area (TPSA) is 75.4 Å². The van der Waals surface area contributed by atoms with Gasteiger partial charge in [-0.15, -0.1) is 0 Å². The Morgan fingerprint density at radius 2 is 1.75 bits per heavy atom. The average molecular weight is 411 g/mol. The van der Waals surface area contributed by atoms with Gasteiger partial charge in [-0.1, -0.05) is 0 Å². The summed E-state index contributed by atoms with van der Waals surface area (Å²) in [4.78, 5) is 4.20. The molecule has 148 valence electrons. The van der Waals surface area contributed by atoms with Crippen LogP contribution in [-0.4, -0.2) is 33.9 Å². The van der Waals surface area contributed by atoms with Crippen molar-refractivity contribution in [1.82, 2.24) is 13.9 Å². The maximum absolute atomic E-state index is 12.9. The second kappa shape index (κ2) is 6.21. The van der Waals surface area contributed by atoms with E-state index in [1.54, 1.807) is 23.6 Å². The van der Waals surface area contributed by atoms with Crippen molar-refractivity contribution in [2.45, 2.75) is 31.1 Å².